The van der Waals surface area contributed by atoms with Gasteiger partial charge in [0.25, 0.3) is 0 Å². The molecule has 2 aromatic rings. The maximum absolute atomic E-state index is 6.14. The zero-order chi connectivity index (χ0) is 20.6. The predicted octanol–water partition coefficient (Wildman–Crippen LogP) is 2.07. The molecule has 4 aliphatic rings. The molecule has 3 fully saturated rings. The first-order chi connectivity index (χ1) is 15.3. The van der Waals surface area contributed by atoms with Gasteiger partial charge in [-0.3, -0.25) is 0 Å². The summed E-state index contributed by atoms with van der Waals surface area (Å²) in [5, 5.41) is 15.7. The summed E-state index contributed by atoms with van der Waals surface area (Å²) in [6.07, 6.45) is 6.61. The molecule has 1 aromatic heterocycles. The van der Waals surface area contributed by atoms with Crippen LogP contribution in [0.15, 0.2) is 18.2 Å². The lowest BCUT2D eigenvalue weighted by molar-refractivity contribution is 0.0610. The molecule has 4 unspecified atom stereocenters. The molecule has 0 amide bonds. The van der Waals surface area contributed by atoms with Crippen molar-refractivity contribution in [2.45, 2.75) is 56.4 Å². The topological polar surface area (TPSA) is 102 Å². The molecule has 1 aliphatic carbocycles. The SMILES string of the molecule is c1cc2c(cc1Oc1nnnn1C1COC3C(NCC4CCCCC4)COC31)OCO2. The number of ether oxygens (including phenoxy) is 5. The van der Waals surface area contributed by atoms with Gasteiger partial charge in [-0.05, 0) is 47.9 Å². The number of benzene rings is 1. The second-order valence-corrected chi connectivity index (χ2v) is 8.71. The summed E-state index contributed by atoms with van der Waals surface area (Å²) < 4.78 is 30.7. The lowest BCUT2D eigenvalue weighted by Gasteiger charge is -2.25. The third-order valence-corrected chi connectivity index (χ3v) is 6.75. The van der Waals surface area contributed by atoms with Gasteiger partial charge >= 0.3 is 6.01 Å². The molecule has 166 valence electrons. The van der Waals surface area contributed by atoms with Gasteiger partial charge in [-0.1, -0.05) is 24.4 Å². The Morgan fingerprint density at radius 1 is 1.03 bits per heavy atom. The molecule has 0 radical (unpaired) electrons. The van der Waals surface area contributed by atoms with Crippen LogP contribution in [-0.4, -0.2) is 65.0 Å². The van der Waals surface area contributed by atoms with E-state index in [1.165, 1.54) is 32.1 Å². The highest BCUT2D eigenvalue weighted by molar-refractivity contribution is 5.47. The van der Waals surface area contributed by atoms with Crippen LogP contribution >= 0.6 is 0 Å². The Morgan fingerprint density at radius 3 is 2.84 bits per heavy atom. The fourth-order valence-electron chi connectivity index (χ4n) is 5.08. The average Bonchev–Trinajstić information content (AvgIpc) is 3.58. The van der Waals surface area contributed by atoms with Crippen LogP contribution in [-0.2, 0) is 9.47 Å². The summed E-state index contributed by atoms with van der Waals surface area (Å²) in [4.78, 5) is 0. The van der Waals surface area contributed by atoms with Crippen molar-refractivity contribution in [1.29, 1.82) is 0 Å². The Labute approximate surface area is 180 Å². The van der Waals surface area contributed by atoms with E-state index in [9.17, 15) is 0 Å². The second-order valence-electron chi connectivity index (χ2n) is 8.71. The van der Waals surface area contributed by atoms with Crippen molar-refractivity contribution in [3.8, 4) is 23.3 Å². The summed E-state index contributed by atoms with van der Waals surface area (Å²) in [7, 11) is 0. The molecule has 2 saturated heterocycles. The zero-order valence-electron chi connectivity index (χ0n) is 17.3. The van der Waals surface area contributed by atoms with E-state index in [0.717, 1.165) is 12.5 Å². The van der Waals surface area contributed by atoms with Crippen molar-refractivity contribution in [2.24, 2.45) is 5.92 Å². The highest BCUT2D eigenvalue weighted by atomic mass is 16.7. The summed E-state index contributed by atoms with van der Waals surface area (Å²) in [5.74, 6) is 2.69. The normalized spacial score (nSPS) is 29.9. The van der Waals surface area contributed by atoms with Gasteiger partial charge < -0.3 is 29.0 Å². The Morgan fingerprint density at radius 2 is 1.90 bits per heavy atom. The molecule has 31 heavy (non-hydrogen) atoms. The zero-order valence-corrected chi connectivity index (χ0v) is 17.3. The number of tetrazole rings is 1. The maximum Gasteiger partial charge on any atom is 0.341 e. The van der Waals surface area contributed by atoms with Gasteiger partial charge in [0.05, 0.1) is 19.3 Å². The first kappa shape index (κ1) is 19.3. The number of hydrogen-bond acceptors (Lipinski definition) is 9. The fourth-order valence-corrected chi connectivity index (χ4v) is 5.08. The molecule has 1 N–H and O–H groups in total. The van der Waals surface area contributed by atoms with Crippen molar-refractivity contribution >= 4 is 0 Å². The molecule has 6 rings (SSSR count). The molecule has 1 saturated carbocycles. The van der Waals surface area contributed by atoms with Gasteiger partial charge in [-0.2, -0.15) is 4.68 Å². The molecule has 0 spiro atoms. The first-order valence-electron chi connectivity index (χ1n) is 11.2. The Bertz CT molecular complexity index is 917. The summed E-state index contributed by atoms with van der Waals surface area (Å²) >= 11 is 0. The fraction of sp³-hybridized carbons (Fsp3) is 0.667. The average molecular weight is 429 g/mol. The van der Waals surface area contributed by atoms with Crippen molar-refractivity contribution in [3.63, 3.8) is 0 Å². The summed E-state index contributed by atoms with van der Waals surface area (Å²) in [5.41, 5.74) is 0. The minimum absolute atomic E-state index is 0.00353. The van der Waals surface area contributed by atoms with E-state index in [1.807, 2.05) is 6.07 Å². The van der Waals surface area contributed by atoms with Gasteiger partial charge in [-0.25, -0.2) is 0 Å². The van der Waals surface area contributed by atoms with E-state index in [1.54, 1.807) is 16.8 Å². The van der Waals surface area contributed by atoms with Gasteiger partial charge in [0.1, 0.15) is 24.0 Å². The molecular weight excluding hydrogens is 402 g/mol. The number of nitrogens with one attached hydrogen (secondary N) is 1. The lowest BCUT2D eigenvalue weighted by atomic mass is 9.89. The highest BCUT2D eigenvalue weighted by Gasteiger charge is 2.49. The predicted molar refractivity (Wildman–Crippen MR) is 107 cm³/mol. The van der Waals surface area contributed by atoms with Gasteiger partial charge in [0.15, 0.2) is 11.5 Å². The lowest BCUT2D eigenvalue weighted by Crippen LogP contribution is -2.43. The summed E-state index contributed by atoms with van der Waals surface area (Å²) in [6, 6.07) is 5.75. The quantitative estimate of drug-likeness (QED) is 0.739. The van der Waals surface area contributed by atoms with E-state index >= 15 is 0 Å². The molecule has 4 atom stereocenters. The maximum atomic E-state index is 6.14. The molecular formula is C21H27N5O5. The van der Waals surface area contributed by atoms with Crippen molar-refractivity contribution in [1.82, 2.24) is 25.5 Å². The Balaban J connectivity index is 1.11. The molecule has 0 bridgehead atoms. The summed E-state index contributed by atoms with van der Waals surface area (Å²) in [6.45, 7) is 2.37. The molecule has 4 heterocycles. The van der Waals surface area contributed by atoms with E-state index in [0.29, 0.717) is 36.5 Å². The van der Waals surface area contributed by atoms with Crippen LogP contribution in [0.25, 0.3) is 0 Å². The largest absolute Gasteiger partial charge is 0.454 e. The third kappa shape index (κ3) is 3.72. The third-order valence-electron chi connectivity index (χ3n) is 6.75. The van der Waals surface area contributed by atoms with Gasteiger partial charge in [0, 0.05) is 6.07 Å². The Kier molecular flexibility index (Phi) is 5.13. The van der Waals surface area contributed by atoms with Crippen LogP contribution in [0.4, 0.5) is 0 Å². The van der Waals surface area contributed by atoms with Crippen LogP contribution < -0.4 is 19.5 Å². The van der Waals surface area contributed by atoms with E-state index in [-0.39, 0.29) is 31.1 Å². The van der Waals surface area contributed by atoms with Crippen LogP contribution in [0.5, 0.6) is 23.3 Å². The molecule has 1 aromatic carbocycles. The van der Waals surface area contributed by atoms with Crippen LogP contribution in [0.1, 0.15) is 38.1 Å². The molecule has 3 aliphatic heterocycles. The minimum atomic E-state index is -0.134. The number of rotatable bonds is 6. The van der Waals surface area contributed by atoms with Crippen molar-refractivity contribution in [3.05, 3.63) is 18.2 Å². The van der Waals surface area contributed by atoms with Crippen molar-refractivity contribution < 1.29 is 23.7 Å². The highest BCUT2D eigenvalue weighted by Crippen LogP contribution is 2.38. The minimum Gasteiger partial charge on any atom is -0.454 e. The van der Waals surface area contributed by atoms with E-state index < -0.39 is 0 Å². The van der Waals surface area contributed by atoms with E-state index in [4.69, 9.17) is 23.7 Å². The number of fused-ring (bicyclic) bond motifs is 2. The van der Waals surface area contributed by atoms with Crippen LogP contribution in [0.3, 0.4) is 0 Å². The van der Waals surface area contributed by atoms with E-state index in [2.05, 4.69) is 20.8 Å². The standard InChI is InChI=1S/C21H27N5O5/c1-2-4-13(5-3-1)9-22-15-10-27-20-16(11-28-19(15)20)26-21(23-24-25-26)31-14-6-7-17-18(8-14)30-12-29-17/h6-8,13,15-16,19-20,22H,1-5,9-12H2. The number of aromatic nitrogens is 4. The smallest absolute Gasteiger partial charge is 0.341 e. The monoisotopic (exact) mass is 429 g/mol. The second kappa shape index (κ2) is 8.25. The van der Waals surface area contributed by atoms with Gasteiger partial charge in [0.2, 0.25) is 6.79 Å². The van der Waals surface area contributed by atoms with Crippen LogP contribution in [0, 0.1) is 5.92 Å². The number of hydrogen-bond donors (Lipinski definition) is 1. The Hall–Kier alpha value is -2.43. The first-order valence-corrected chi connectivity index (χ1v) is 11.2. The number of nitrogens with zero attached hydrogens (tertiary/aromatic N) is 4. The molecule has 10 nitrogen and oxygen atoms in total. The van der Waals surface area contributed by atoms with Crippen LogP contribution in [0.2, 0.25) is 0 Å². The molecule has 10 heteroatoms. The van der Waals surface area contributed by atoms with Gasteiger partial charge in [-0.15, -0.1) is 0 Å². The van der Waals surface area contributed by atoms with Crippen molar-refractivity contribution in [2.75, 3.05) is 26.6 Å².